The van der Waals surface area contributed by atoms with Crippen LogP contribution in [0.15, 0.2) is 60.7 Å². The van der Waals surface area contributed by atoms with Crippen LogP contribution in [0.4, 0.5) is 5.69 Å². The summed E-state index contributed by atoms with van der Waals surface area (Å²) in [7, 11) is -4.12. The Morgan fingerprint density at radius 2 is 1.49 bits per heavy atom. The van der Waals surface area contributed by atoms with E-state index in [1.54, 1.807) is 24.3 Å². The Morgan fingerprint density at radius 1 is 0.886 bits per heavy atom. The van der Waals surface area contributed by atoms with Gasteiger partial charge in [-0.3, -0.25) is 14.1 Å². The van der Waals surface area contributed by atoms with Gasteiger partial charge in [-0.1, -0.05) is 42.0 Å². The molecule has 3 N–H and O–H groups in total. The molecular formula is C27H30N2O5S. The number of carbonyl (C=O) groups is 2. The number of hydrogen-bond acceptors (Lipinski definition) is 4. The van der Waals surface area contributed by atoms with E-state index in [1.165, 1.54) is 22.3 Å². The number of nitrogens with one attached hydrogen (secondary N) is 2. The number of rotatable bonds is 9. The summed E-state index contributed by atoms with van der Waals surface area (Å²) in [5.41, 5.74) is 8.01. The van der Waals surface area contributed by atoms with Gasteiger partial charge in [-0.05, 0) is 79.3 Å². The highest BCUT2D eigenvalue weighted by Crippen LogP contribution is 2.29. The molecule has 184 valence electrons. The van der Waals surface area contributed by atoms with Crippen LogP contribution in [0.1, 0.15) is 39.0 Å². The zero-order valence-corrected chi connectivity index (χ0v) is 20.9. The van der Waals surface area contributed by atoms with Crippen LogP contribution in [0.2, 0.25) is 0 Å². The molecule has 8 heteroatoms. The van der Waals surface area contributed by atoms with Gasteiger partial charge in [0.25, 0.3) is 16.0 Å². The van der Waals surface area contributed by atoms with Gasteiger partial charge in [0.2, 0.25) is 5.91 Å². The van der Waals surface area contributed by atoms with E-state index in [-0.39, 0.29) is 18.9 Å². The van der Waals surface area contributed by atoms with Gasteiger partial charge in [0.15, 0.2) is 0 Å². The van der Waals surface area contributed by atoms with E-state index in [0.717, 1.165) is 16.8 Å². The number of benzene rings is 3. The van der Waals surface area contributed by atoms with Crippen molar-refractivity contribution >= 4 is 27.6 Å². The Bertz CT molecular complexity index is 1290. The van der Waals surface area contributed by atoms with Crippen LogP contribution in [0.3, 0.4) is 0 Å². The second-order valence-corrected chi connectivity index (χ2v) is 10.2. The quantitative estimate of drug-likeness (QED) is 0.380. The van der Waals surface area contributed by atoms with Crippen molar-refractivity contribution in [2.75, 3.05) is 17.6 Å². The Hall–Kier alpha value is -3.49. The van der Waals surface area contributed by atoms with Crippen molar-refractivity contribution in [1.82, 2.24) is 5.32 Å². The fraction of sp³-hybridized carbons (Fsp3) is 0.259. The summed E-state index contributed by atoms with van der Waals surface area (Å²) in [6.07, 6.45) is 0.800. The molecule has 0 spiro atoms. The first kappa shape index (κ1) is 26.1. The van der Waals surface area contributed by atoms with Gasteiger partial charge in [-0.15, -0.1) is 0 Å². The first-order chi connectivity index (χ1) is 16.5. The normalized spacial score (nSPS) is 11.2. The van der Waals surface area contributed by atoms with Crippen LogP contribution in [0.25, 0.3) is 11.1 Å². The van der Waals surface area contributed by atoms with E-state index in [4.69, 9.17) is 4.55 Å². The van der Waals surface area contributed by atoms with Gasteiger partial charge >= 0.3 is 0 Å². The summed E-state index contributed by atoms with van der Waals surface area (Å²) < 4.78 is 30.1. The van der Waals surface area contributed by atoms with Crippen LogP contribution in [0, 0.1) is 20.8 Å². The summed E-state index contributed by atoms with van der Waals surface area (Å²) in [6, 6.07) is 18.9. The minimum absolute atomic E-state index is 0.104. The molecule has 2 amide bonds. The Kier molecular flexibility index (Phi) is 8.43. The summed E-state index contributed by atoms with van der Waals surface area (Å²) >= 11 is 0. The molecule has 0 aliphatic rings. The third-order valence-corrected chi connectivity index (χ3v) is 6.36. The molecule has 0 atom stereocenters. The molecule has 0 aliphatic carbocycles. The third-order valence-electron chi connectivity index (χ3n) is 5.64. The molecule has 0 radical (unpaired) electrons. The van der Waals surface area contributed by atoms with Crippen molar-refractivity contribution in [3.63, 3.8) is 0 Å². The van der Waals surface area contributed by atoms with Crippen LogP contribution in [-0.4, -0.2) is 37.1 Å². The predicted molar refractivity (Wildman–Crippen MR) is 138 cm³/mol. The maximum absolute atomic E-state index is 12.4. The van der Waals surface area contributed by atoms with Crippen molar-refractivity contribution in [2.24, 2.45) is 0 Å². The topological polar surface area (TPSA) is 113 Å². The van der Waals surface area contributed by atoms with Gasteiger partial charge in [0.1, 0.15) is 0 Å². The number of carbonyl (C=O) groups excluding carboxylic acids is 2. The molecule has 0 saturated carbocycles. The van der Waals surface area contributed by atoms with E-state index < -0.39 is 21.8 Å². The average Bonchev–Trinajstić information content (AvgIpc) is 2.77. The zero-order valence-electron chi connectivity index (χ0n) is 20.1. The van der Waals surface area contributed by atoms with E-state index in [2.05, 4.69) is 43.5 Å². The Balaban J connectivity index is 1.51. The van der Waals surface area contributed by atoms with Gasteiger partial charge in [0.05, 0.1) is 5.75 Å². The van der Waals surface area contributed by atoms with E-state index in [0.29, 0.717) is 12.0 Å². The largest absolute Gasteiger partial charge is 0.351 e. The smallest absolute Gasteiger partial charge is 0.266 e. The van der Waals surface area contributed by atoms with Gasteiger partial charge in [-0.25, -0.2) is 0 Å². The first-order valence-electron chi connectivity index (χ1n) is 11.3. The lowest BCUT2D eigenvalue weighted by molar-refractivity contribution is -0.116. The highest BCUT2D eigenvalue weighted by atomic mass is 32.2. The van der Waals surface area contributed by atoms with Gasteiger partial charge in [0, 0.05) is 24.2 Å². The second kappa shape index (κ2) is 11.3. The average molecular weight is 495 g/mol. The lowest BCUT2D eigenvalue weighted by atomic mass is 9.94. The standard InChI is InChI=1S/C27H30N2O5S/c1-18-16-19(2)26(20(3)17-18)22-9-11-24(12-10-22)29-25(30)13-6-21-4-7-23(8-5-21)27(31)28-14-15-35(32,33)34/h4-5,7-12,16-17H,6,13-15H2,1-3H3,(H,28,31)(H,29,30)(H,32,33,34). The predicted octanol–water partition coefficient (Wildman–Crippen LogP) is 4.47. The fourth-order valence-corrected chi connectivity index (χ4v) is 4.42. The summed E-state index contributed by atoms with van der Waals surface area (Å²) in [4.78, 5) is 24.4. The van der Waals surface area contributed by atoms with Gasteiger partial charge < -0.3 is 10.6 Å². The Morgan fingerprint density at radius 3 is 2.06 bits per heavy atom. The lowest BCUT2D eigenvalue weighted by Crippen LogP contribution is -2.28. The molecule has 7 nitrogen and oxygen atoms in total. The maximum atomic E-state index is 12.4. The van der Waals surface area contributed by atoms with Crippen LogP contribution < -0.4 is 10.6 Å². The SMILES string of the molecule is Cc1cc(C)c(-c2ccc(NC(=O)CCc3ccc(C(=O)NCCS(=O)(=O)O)cc3)cc2)c(C)c1. The molecule has 0 fully saturated rings. The molecule has 35 heavy (non-hydrogen) atoms. The maximum Gasteiger partial charge on any atom is 0.266 e. The molecule has 0 bridgehead atoms. The van der Waals surface area contributed by atoms with Crippen LogP contribution in [0.5, 0.6) is 0 Å². The molecular weight excluding hydrogens is 464 g/mol. The summed E-state index contributed by atoms with van der Waals surface area (Å²) in [5, 5.41) is 5.35. The summed E-state index contributed by atoms with van der Waals surface area (Å²) in [6.45, 7) is 6.12. The lowest BCUT2D eigenvalue weighted by Gasteiger charge is -2.13. The minimum Gasteiger partial charge on any atom is -0.351 e. The van der Waals surface area contributed by atoms with E-state index in [9.17, 15) is 18.0 Å². The number of amides is 2. The van der Waals surface area contributed by atoms with Gasteiger partial charge in [-0.2, -0.15) is 8.42 Å². The number of hydrogen-bond donors (Lipinski definition) is 3. The molecule has 0 unspecified atom stereocenters. The third kappa shape index (κ3) is 7.77. The zero-order chi connectivity index (χ0) is 25.6. The second-order valence-electron chi connectivity index (χ2n) is 8.64. The minimum atomic E-state index is -4.12. The highest BCUT2D eigenvalue weighted by Gasteiger charge is 2.10. The molecule has 3 aromatic rings. The number of anilines is 1. The summed E-state index contributed by atoms with van der Waals surface area (Å²) in [5.74, 6) is -1.08. The molecule has 3 rings (SSSR count). The van der Waals surface area contributed by atoms with Crippen molar-refractivity contribution in [1.29, 1.82) is 0 Å². The molecule has 3 aromatic carbocycles. The molecule has 0 aliphatic heterocycles. The van der Waals surface area contributed by atoms with Crippen LogP contribution >= 0.6 is 0 Å². The highest BCUT2D eigenvalue weighted by molar-refractivity contribution is 7.85. The van der Waals surface area contributed by atoms with E-state index in [1.807, 2.05) is 24.3 Å². The van der Waals surface area contributed by atoms with Crippen molar-refractivity contribution in [2.45, 2.75) is 33.6 Å². The fourth-order valence-electron chi connectivity index (χ4n) is 4.06. The van der Waals surface area contributed by atoms with Crippen LogP contribution in [-0.2, 0) is 21.3 Å². The molecule has 0 aromatic heterocycles. The first-order valence-corrected chi connectivity index (χ1v) is 12.9. The van der Waals surface area contributed by atoms with Crippen molar-refractivity contribution in [3.8, 4) is 11.1 Å². The van der Waals surface area contributed by atoms with Crippen molar-refractivity contribution in [3.05, 3.63) is 88.5 Å². The van der Waals surface area contributed by atoms with Crippen molar-refractivity contribution < 1.29 is 22.6 Å². The monoisotopic (exact) mass is 494 g/mol. The van der Waals surface area contributed by atoms with E-state index >= 15 is 0 Å². The molecule has 0 saturated heterocycles. The Labute approximate surface area is 206 Å². The number of aryl methyl sites for hydroxylation is 4. The molecule has 0 heterocycles.